The molecule has 3 atom stereocenters. The molecular weight excluding hydrogens is 368 g/mol. The molecule has 0 spiro atoms. The van der Waals surface area contributed by atoms with Gasteiger partial charge in [-0.25, -0.2) is 0 Å². The number of likely N-dealkylation sites (tertiary alicyclic amines) is 1. The van der Waals surface area contributed by atoms with Crippen molar-refractivity contribution in [2.24, 2.45) is 11.8 Å². The topological polar surface area (TPSA) is 49.4 Å². The van der Waals surface area contributed by atoms with Crippen LogP contribution < -0.4 is 5.32 Å². The van der Waals surface area contributed by atoms with Crippen molar-refractivity contribution in [1.82, 2.24) is 10.2 Å². The first-order valence-electron chi connectivity index (χ1n) is 10.3. The molecule has 1 aliphatic carbocycles. The molecule has 1 saturated carbocycles. The number of carbonyl (C=O) groups is 2. The van der Waals surface area contributed by atoms with Gasteiger partial charge in [-0.15, -0.1) is 11.3 Å². The van der Waals surface area contributed by atoms with E-state index >= 15 is 0 Å². The van der Waals surface area contributed by atoms with Crippen LogP contribution in [0.3, 0.4) is 0 Å². The molecule has 1 aliphatic heterocycles. The monoisotopic (exact) mass is 396 g/mol. The summed E-state index contributed by atoms with van der Waals surface area (Å²) >= 11 is 1.44. The SMILES string of the molecule is CC1CCN(C(=O)c2ccc(CNC(=O)c3cccs3)cc2)C2CCCCC12. The molecule has 1 aromatic carbocycles. The Balaban J connectivity index is 1.39. The van der Waals surface area contributed by atoms with Crippen molar-refractivity contribution >= 4 is 23.2 Å². The van der Waals surface area contributed by atoms with Gasteiger partial charge in [0.05, 0.1) is 4.88 Å². The van der Waals surface area contributed by atoms with Gasteiger partial charge in [-0.3, -0.25) is 9.59 Å². The second-order valence-electron chi connectivity index (χ2n) is 8.14. The first-order chi connectivity index (χ1) is 13.6. The standard InChI is InChI=1S/C23H28N2O2S/c1-16-12-13-25(20-6-3-2-5-19(16)20)23(27)18-10-8-17(9-11-18)15-24-22(26)21-7-4-14-28-21/h4,7-11,14,16,19-20H,2-3,5-6,12-13,15H2,1H3,(H,24,26). The molecule has 0 bridgehead atoms. The van der Waals surface area contributed by atoms with Crippen LogP contribution in [0.1, 0.15) is 64.6 Å². The molecule has 0 radical (unpaired) electrons. The van der Waals surface area contributed by atoms with Gasteiger partial charge < -0.3 is 10.2 Å². The van der Waals surface area contributed by atoms with E-state index in [1.165, 1.54) is 30.6 Å². The number of nitrogens with zero attached hydrogens (tertiary/aromatic N) is 1. The number of thiophene rings is 1. The van der Waals surface area contributed by atoms with Gasteiger partial charge in [0.1, 0.15) is 0 Å². The molecular formula is C23H28N2O2S. The van der Waals surface area contributed by atoms with E-state index in [2.05, 4.69) is 17.1 Å². The van der Waals surface area contributed by atoms with Crippen LogP contribution in [0.2, 0.25) is 0 Å². The number of amides is 2. The van der Waals surface area contributed by atoms with Crippen LogP contribution in [-0.4, -0.2) is 29.3 Å². The first-order valence-corrected chi connectivity index (χ1v) is 11.2. The van der Waals surface area contributed by atoms with Gasteiger partial charge in [0, 0.05) is 24.7 Å². The van der Waals surface area contributed by atoms with Crippen molar-refractivity contribution in [3.05, 3.63) is 57.8 Å². The average molecular weight is 397 g/mol. The Morgan fingerprint density at radius 3 is 2.64 bits per heavy atom. The maximum Gasteiger partial charge on any atom is 0.261 e. The third kappa shape index (κ3) is 4.00. The van der Waals surface area contributed by atoms with Crippen molar-refractivity contribution in [3.63, 3.8) is 0 Å². The highest BCUT2D eigenvalue weighted by molar-refractivity contribution is 7.12. The van der Waals surface area contributed by atoms with Crippen LogP contribution in [-0.2, 0) is 6.54 Å². The predicted octanol–water partition coefficient (Wildman–Crippen LogP) is 4.72. The average Bonchev–Trinajstić information content (AvgIpc) is 3.27. The summed E-state index contributed by atoms with van der Waals surface area (Å²) < 4.78 is 0. The van der Waals surface area contributed by atoms with Crippen molar-refractivity contribution in [1.29, 1.82) is 0 Å². The molecule has 28 heavy (non-hydrogen) atoms. The largest absolute Gasteiger partial charge is 0.347 e. The van der Waals surface area contributed by atoms with Crippen LogP contribution in [0.15, 0.2) is 41.8 Å². The van der Waals surface area contributed by atoms with Crippen molar-refractivity contribution in [3.8, 4) is 0 Å². The van der Waals surface area contributed by atoms with Gasteiger partial charge in [-0.05, 0) is 60.2 Å². The van der Waals surface area contributed by atoms with Crippen LogP contribution in [0.5, 0.6) is 0 Å². The molecule has 2 fully saturated rings. The summed E-state index contributed by atoms with van der Waals surface area (Å²) in [6.45, 7) is 3.70. The van der Waals surface area contributed by atoms with Gasteiger partial charge in [-0.2, -0.15) is 0 Å². The Hall–Kier alpha value is -2.14. The van der Waals surface area contributed by atoms with Crippen LogP contribution >= 0.6 is 11.3 Å². The highest BCUT2D eigenvalue weighted by Gasteiger charge is 2.39. The fourth-order valence-corrected chi connectivity index (χ4v) is 5.41. The lowest BCUT2D eigenvalue weighted by atomic mass is 9.72. The zero-order chi connectivity index (χ0) is 19.5. The van der Waals surface area contributed by atoms with E-state index in [9.17, 15) is 9.59 Å². The third-order valence-electron chi connectivity index (χ3n) is 6.40. The van der Waals surface area contributed by atoms with E-state index in [-0.39, 0.29) is 11.8 Å². The number of rotatable bonds is 4. The summed E-state index contributed by atoms with van der Waals surface area (Å²) in [4.78, 5) is 28.1. The number of hydrogen-bond donors (Lipinski definition) is 1. The Kier molecular flexibility index (Phi) is 5.81. The minimum absolute atomic E-state index is 0.0547. The molecule has 2 amide bonds. The lowest BCUT2D eigenvalue weighted by Gasteiger charge is -2.47. The number of piperidine rings is 1. The molecule has 2 aliphatic rings. The molecule has 1 saturated heterocycles. The quantitative estimate of drug-likeness (QED) is 0.813. The minimum Gasteiger partial charge on any atom is -0.347 e. The molecule has 3 unspecified atom stereocenters. The summed E-state index contributed by atoms with van der Waals surface area (Å²) in [6, 6.07) is 11.8. The molecule has 2 heterocycles. The Bertz CT molecular complexity index is 816. The number of carbonyl (C=O) groups excluding carboxylic acids is 2. The normalized spacial score (nSPS) is 24.5. The molecule has 4 nitrogen and oxygen atoms in total. The summed E-state index contributed by atoms with van der Waals surface area (Å²) in [5.41, 5.74) is 1.76. The maximum absolute atomic E-state index is 13.2. The lowest BCUT2D eigenvalue weighted by molar-refractivity contribution is 0.0217. The van der Waals surface area contributed by atoms with Crippen molar-refractivity contribution in [2.45, 2.75) is 51.6 Å². The Morgan fingerprint density at radius 2 is 1.89 bits per heavy atom. The number of benzene rings is 1. The maximum atomic E-state index is 13.2. The van der Waals surface area contributed by atoms with E-state index in [0.29, 0.717) is 23.4 Å². The van der Waals surface area contributed by atoms with Gasteiger partial charge in [0.2, 0.25) is 0 Å². The highest BCUT2D eigenvalue weighted by atomic mass is 32.1. The van der Waals surface area contributed by atoms with Crippen LogP contribution in [0.4, 0.5) is 0 Å². The Labute approximate surface area is 170 Å². The van der Waals surface area contributed by atoms with Crippen molar-refractivity contribution in [2.75, 3.05) is 6.54 Å². The van der Waals surface area contributed by atoms with Gasteiger partial charge in [0.25, 0.3) is 11.8 Å². The first kappa shape index (κ1) is 19.2. The molecule has 1 N–H and O–H groups in total. The molecule has 2 aromatic rings. The Morgan fingerprint density at radius 1 is 1.11 bits per heavy atom. The zero-order valence-electron chi connectivity index (χ0n) is 16.4. The van der Waals surface area contributed by atoms with Crippen LogP contribution in [0.25, 0.3) is 0 Å². The highest BCUT2D eigenvalue weighted by Crippen LogP contribution is 2.39. The second-order valence-corrected chi connectivity index (χ2v) is 9.08. The number of nitrogens with one attached hydrogen (secondary N) is 1. The summed E-state index contributed by atoms with van der Waals surface area (Å²) in [5.74, 6) is 1.50. The van der Waals surface area contributed by atoms with Gasteiger partial charge >= 0.3 is 0 Å². The number of fused-ring (bicyclic) bond motifs is 1. The fraction of sp³-hybridized carbons (Fsp3) is 0.478. The molecule has 4 rings (SSSR count). The van der Waals surface area contributed by atoms with Crippen molar-refractivity contribution < 1.29 is 9.59 Å². The second kappa shape index (κ2) is 8.48. The van der Waals surface area contributed by atoms with E-state index in [1.54, 1.807) is 0 Å². The van der Waals surface area contributed by atoms with Gasteiger partial charge in [0.15, 0.2) is 0 Å². The number of hydrogen-bond acceptors (Lipinski definition) is 3. The lowest BCUT2D eigenvalue weighted by Crippen LogP contribution is -2.52. The smallest absolute Gasteiger partial charge is 0.261 e. The minimum atomic E-state index is -0.0547. The van der Waals surface area contributed by atoms with Crippen LogP contribution in [0, 0.1) is 11.8 Å². The fourth-order valence-electron chi connectivity index (χ4n) is 4.77. The molecule has 1 aromatic heterocycles. The predicted molar refractivity (Wildman–Crippen MR) is 112 cm³/mol. The summed E-state index contributed by atoms with van der Waals surface area (Å²) in [7, 11) is 0. The van der Waals surface area contributed by atoms with E-state index in [0.717, 1.165) is 36.4 Å². The van der Waals surface area contributed by atoms with E-state index < -0.39 is 0 Å². The molecule has 148 valence electrons. The molecule has 5 heteroatoms. The van der Waals surface area contributed by atoms with Gasteiger partial charge in [-0.1, -0.05) is 38.0 Å². The van der Waals surface area contributed by atoms with E-state index in [4.69, 9.17) is 0 Å². The summed E-state index contributed by atoms with van der Waals surface area (Å²) in [6.07, 6.45) is 6.06. The third-order valence-corrected chi connectivity index (χ3v) is 7.27. The summed E-state index contributed by atoms with van der Waals surface area (Å²) in [5, 5.41) is 4.83. The zero-order valence-corrected chi connectivity index (χ0v) is 17.2. The van der Waals surface area contributed by atoms with E-state index in [1.807, 2.05) is 41.8 Å².